The van der Waals surface area contributed by atoms with Crippen molar-refractivity contribution < 1.29 is 14.3 Å². The molecule has 1 N–H and O–H groups in total. The second-order valence-corrected chi connectivity index (χ2v) is 9.52. The van der Waals surface area contributed by atoms with Gasteiger partial charge in [-0.1, -0.05) is 30.4 Å². The van der Waals surface area contributed by atoms with E-state index in [9.17, 15) is 9.59 Å². The maximum Gasteiger partial charge on any atom is 0.341 e. The molecule has 2 heterocycles. The van der Waals surface area contributed by atoms with Crippen LogP contribution in [0.4, 0.5) is 5.00 Å². The normalized spacial score (nSPS) is 19.3. The Labute approximate surface area is 160 Å². The van der Waals surface area contributed by atoms with E-state index in [1.807, 2.05) is 0 Å². The van der Waals surface area contributed by atoms with Crippen LogP contribution in [-0.2, 0) is 22.4 Å². The summed E-state index contributed by atoms with van der Waals surface area (Å²) in [6, 6.07) is 0. The van der Waals surface area contributed by atoms with Crippen LogP contribution >= 0.6 is 34.9 Å². The van der Waals surface area contributed by atoms with Crippen molar-refractivity contribution >= 4 is 56.1 Å². The van der Waals surface area contributed by atoms with Gasteiger partial charge in [-0.3, -0.25) is 9.79 Å². The minimum absolute atomic E-state index is 0.0996. The van der Waals surface area contributed by atoms with Gasteiger partial charge in [0.05, 0.1) is 24.5 Å². The van der Waals surface area contributed by atoms with Crippen LogP contribution in [0, 0.1) is 5.92 Å². The number of thiophene rings is 1. The van der Waals surface area contributed by atoms with E-state index in [4.69, 9.17) is 4.74 Å². The van der Waals surface area contributed by atoms with Gasteiger partial charge in [0.2, 0.25) is 5.91 Å². The Morgan fingerprint density at radius 3 is 3.00 bits per heavy atom. The van der Waals surface area contributed by atoms with E-state index >= 15 is 0 Å². The quantitative estimate of drug-likeness (QED) is 0.764. The molecule has 0 fully saturated rings. The number of rotatable bonds is 5. The molecule has 1 aromatic heterocycles. The molecule has 0 radical (unpaired) electrons. The summed E-state index contributed by atoms with van der Waals surface area (Å²) in [6.45, 7) is 5.19. The van der Waals surface area contributed by atoms with Gasteiger partial charge in [-0.15, -0.1) is 11.3 Å². The Morgan fingerprint density at radius 1 is 1.44 bits per heavy atom. The molecule has 1 aromatic rings. The fraction of sp³-hybridized carbons (Fsp3) is 0.588. The summed E-state index contributed by atoms with van der Waals surface area (Å²) >= 11 is 4.68. The standard InChI is InChI=1S/C17H22N2O3S3/c1-3-22-16(21)14-11-5-4-10(2)8-12(11)25-15(14)19-13(20)9-24-17-18-6-7-23-17/h10H,3-9H2,1-2H3,(H,19,20). The Balaban J connectivity index is 1.74. The Bertz CT molecular complexity index is 700. The fourth-order valence-corrected chi connectivity index (χ4v) is 6.18. The molecule has 1 atom stereocenters. The molecule has 2 aliphatic rings. The van der Waals surface area contributed by atoms with Crippen molar-refractivity contribution in [3.8, 4) is 0 Å². The summed E-state index contributed by atoms with van der Waals surface area (Å²) in [5.74, 6) is 1.49. The molecule has 8 heteroatoms. The predicted octanol–water partition coefficient (Wildman–Crippen LogP) is 3.82. The van der Waals surface area contributed by atoms with Crippen LogP contribution in [0.2, 0.25) is 0 Å². The van der Waals surface area contributed by atoms with Crippen LogP contribution in [-0.4, -0.2) is 40.9 Å². The van der Waals surface area contributed by atoms with Crippen molar-refractivity contribution in [2.45, 2.75) is 33.1 Å². The first kappa shape index (κ1) is 18.8. The number of aliphatic imine (C=N–C) groups is 1. The van der Waals surface area contributed by atoms with Crippen LogP contribution in [0.5, 0.6) is 0 Å². The number of anilines is 1. The molecule has 5 nitrogen and oxygen atoms in total. The third-order valence-corrected chi connectivity index (χ3v) is 7.55. The maximum atomic E-state index is 12.4. The number of carbonyl (C=O) groups is 2. The van der Waals surface area contributed by atoms with Gasteiger partial charge in [-0.25, -0.2) is 4.79 Å². The summed E-state index contributed by atoms with van der Waals surface area (Å²) in [5.41, 5.74) is 1.64. The number of carbonyl (C=O) groups excluding carboxylic acids is 2. The average Bonchev–Trinajstić information content (AvgIpc) is 3.19. The zero-order valence-corrected chi connectivity index (χ0v) is 16.9. The van der Waals surface area contributed by atoms with E-state index in [1.54, 1.807) is 18.7 Å². The molecule has 0 saturated carbocycles. The lowest BCUT2D eigenvalue weighted by molar-refractivity contribution is -0.113. The van der Waals surface area contributed by atoms with Gasteiger partial charge in [0.1, 0.15) is 9.38 Å². The van der Waals surface area contributed by atoms with Crippen LogP contribution in [0.25, 0.3) is 0 Å². The molecule has 136 valence electrons. The third kappa shape index (κ3) is 4.60. The molecule has 0 aromatic carbocycles. The second-order valence-electron chi connectivity index (χ2n) is 6.11. The van der Waals surface area contributed by atoms with E-state index < -0.39 is 0 Å². The zero-order valence-electron chi connectivity index (χ0n) is 14.4. The first-order valence-electron chi connectivity index (χ1n) is 8.50. The topological polar surface area (TPSA) is 67.8 Å². The van der Waals surface area contributed by atoms with E-state index in [0.29, 0.717) is 28.8 Å². The van der Waals surface area contributed by atoms with E-state index in [0.717, 1.165) is 41.5 Å². The smallest absolute Gasteiger partial charge is 0.341 e. The van der Waals surface area contributed by atoms with Crippen molar-refractivity contribution in [2.24, 2.45) is 10.9 Å². The lowest BCUT2D eigenvalue weighted by Crippen LogP contribution is -2.18. The fourth-order valence-electron chi connectivity index (χ4n) is 2.95. The summed E-state index contributed by atoms with van der Waals surface area (Å²) in [4.78, 5) is 30.3. The summed E-state index contributed by atoms with van der Waals surface area (Å²) in [6.07, 6.45) is 2.90. The Morgan fingerprint density at radius 2 is 2.28 bits per heavy atom. The minimum Gasteiger partial charge on any atom is -0.462 e. The largest absolute Gasteiger partial charge is 0.462 e. The van der Waals surface area contributed by atoms with E-state index in [-0.39, 0.29) is 11.9 Å². The summed E-state index contributed by atoms with van der Waals surface area (Å²) in [7, 11) is 0. The minimum atomic E-state index is -0.326. The summed E-state index contributed by atoms with van der Waals surface area (Å²) < 4.78 is 6.20. The molecule has 25 heavy (non-hydrogen) atoms. The zero-order chi connectivity index (χ0) is 17.8. The van der Waals surface area contributed by atoms with E-state index in [2.05, 4.69) is 17.2 Å². The van der Waals surface area contributed by atoms with Crippen molar-refractivity contribution in [3.63, 3.8) is 0 Å². The lowest BCUT2D eigenvalue weighted by atomic mass is 9.88. The Kier molecular flexibility index (Phi) is 6.46. The molecule has 1 amide bonds. The van der Waals surface area contributed by atoms with Gasteiger partial charge in [0.25, 0.3) is 0 Å². The highest BCUT2D eigenvalue weighted by Gasteiger charge is 2.29. The van der Waals surface area contributed by atoms with Crippen LogP contribution in [0.15, 0.2) is 4.99 Å². The molecule has 0 spiro atoms. The van der Waals surface area contributed by atoms with Gasteiger partial charge in [0, 0.05) is 10.6 Å². The average molecular weight is 399 g/mol. The predicted molar refractivity (Wildman–Crippen MR) is 107 cm³/mol. The first-order valence-corrected chi connectivity index (χ1v) is 11.3. The van der Waals surface area contributed by atoms with Gasteiger partial charge in [-0.05, 0) is 37.7 Å². The number of hydrogen-bond donors (Lipinski definition) is 1. The SMILES string of the molecule is CCOC(=O)c1c(NC(=O)CSC2=NCCS2)sc2c1CCC(C)C2. The molecule has 3 rings (SSSR count). The highest BCUT2D eigenvalue weighted by molar-refractivity contribution is 8.39. The van der Waals surface area contributed by atoms with Crippen LogP contribution in [0.1, 0.15) is 41.1 Å². The number of ether oxygens (including phenoxy) is 1. The number of nitrogens with zero attached hydrogens (tertiary/aromatic N) is 1. The number of nitrogens with one attached hydrogen (secondary N) is 1. The van der Waals surface area contributed by atoms with Crippen molar-refractivity contribution in [1.82, 2.24) is 0 Å². The van der Waals surface area contributed by atoms with Gasteiger partial charge in [0.15, 0.2) is 0 Å². The van der Waals surface area contributed by atoms with Crippen LogP contribution in [0.3, 0.4) is 0 Å². The van der Waals surface area contributed by atoms with Gasteiger partial charge >= 0.3 is 5.97 Å². The number of esters is 1. The monoisotopic (exact) mass is 398 g/mol. The van der Waals surface area contributed by atoms with Crippen molar-refractivity contribution in [3.05, 3.63) is 16.0 Å². The first-order chi connectivity index (χ1) is 12.1. The molecule has 1 aliphatic heterocycles. The number of fused-ring (bicyclic) bond motifs is 1. The van der Waals surface area contributed by atoms with Gasteiger partial charge in [-0.2, -0.15) is 0 Å². The van der Waals surface area contributed by atoms with E-state index in [1.165, 1.54) is 28.0 Å². The maximum absolute atomic E-state index is 12.4. The van der Waals surface area contributed by atoms with Crippen LogP contribution < -0.4 is 5.32 Å². The number of hydrogen-bond acceptors (Lipinski definition) is 7. The third-order valence-electron chi connectivity index (χ3n) is 4.13. The van der Waals surface area contributed by atoms with Crippen molar-refractivity contribution in [1.29, 1.82) is 0 Å². The molecule has 0 saturated heterocycles. The highest BCUT2D eigenvalue weighted by Crippen LogP contribution is 2.40. The molecule has 0 bridgehead atoms. The van der Waals surface area contributed by atoms with Crippen molar-refractivity contribution in [2.75, 3.05) is 30.0 Å². The second kappa shape index (κ2) is 8.60. The molecule has 1 aliphatic carbocycles. The summed E-state index contributed by atoms with van der Waals surface area (Å²) in [5, 5.41) is 3.58. The molecular formula is C17H22N2O3S3. The lowest BCUT2D eigenvalue weighted by Gasteiger charge is -2.18. The highest BCUT2D eigenvalue weighted by atomic mass is 32.2. The Hall–Kier alpha value is -0.990. The number of amides is 1. The van der Waals surface area contributed by atoms with Gasteiger partial charge < -0.3 is 10.1 Å². The number of thioether (sulfide) groups is 2. The molecular weight excluding hydrogens is 376 g/mol. The molecule has 1 unspecified atom stereocenters.